The third-order valence-electron chi connectivity index (χ3n) is 11.1. The summed E-state index contributed by atoms with van der Waals surface area (Å²) >= 11 is 0. The van der Waals surface area contributed by atoms with Crippen LogP contribution in [0.15, 0.2) is 71.6 Å². The van der Waals surface area contributed by atoms with Crippen molar-refractivity contribution in [1.29, 1.82) is 0 Å². The van der Waals surface area contributed by atoms with Crippen molar-refractivity contribution in [2.45, 2.75) is 81.3 Å². The maximum absolute atomic E-state index is 14.3. The molecule has 66 heavy (non-hydrogen) atoms. The van der Waals surface area contributed by atoms with Gasteiger partial charge in [0.15, 0.2) is 5.82 Å². The van der Waals surface area contributed by atoms with E-state index in [9.17, 15) is 45.2 Å². The van der Waals surface area contributed by atoms with Crippen LogP contribution in [0.1, 0.15) is 57.8 Å². The number of alkyl carbamates (subject to hydrolysis) is 1. The van der Waals surface area contributed by atoms with Gasteiger partial charge in [-0.25, -0.2) is 23.0 Å². The maximum atomic E-state index is 14.3. The van der Waals surface area contributed by atoms with Gasteiger partial charge in [-0.2, -0.15) is 27.0 Å². The van der Waals surface area contributed by atoms with E-state index in [1.165, 1.54) is 41.7 Å². The molecule has 2 aliphatic rings. The first-order valence-corrected chi connectivity index (χ1v) is 22.5. The summed E-state index contributed by atoms with van der Waals surface area (Å²) in [5.74, 6) is -16.9. The zero-order chi connectivity index (χ0) is 48.0. The SMILES string of the molecule is COc1ccc(-c2ccc(C[C@H](NC(=O)C3CCC(CNC(=O)OC(C)(C)C)CC3)C(=O)Nc3ccc(-c4n[nH]c(C(F)(F)C(F)(F)C(=O)O)n4)cc3)cc2)cc1S(=O)(=O)N1CCOCC1. The van der Waals surface area contributed by atoms with Gasteiger partial charge in [0.2, 0.25) is 27.7 Å². The van der Waals surface area contributed by atoms with Crippen LogP contribution < -0.4 is 20.7 Å². The monoisotopic (exact) mass is 945 g/mol. The summed E-state index contributed by atoms with van der Waals surface area (Å²) in [6, 6.07) is 16.1. The predicted octanol–water partition coefficient (Wildman–Crippen LogP) is 5.98. The van der Waals surface area contributed by atoms with E-state index in [0.717, 1.165) is 0 Å². The van der Waals surface area contributed by atoms with E-state index >= 15 is 0 Å². The number of aromatic amines is 1. The van der Waals surface area contributed by atoms with Crippen LogP contribution in [0.3, 0.4) is 0 Å². The molecule has 0 radical (unpaired) electrons. The van der Waals surface area contributed by atoms with Gasteiger partial charge in [0.25, 0.3) is 0 Å². The molecular formula is C44H51F4N7O10S. The Kier molecular flexibility index (Phi) is 15.1. The van der Waals surface area contributed by atoms with E-state index in [1.807, 2.05) is 0 Å². The third-order valence-corrected chi connectivity index (χ3v) is 13.0. The molecule has 0 unspecified atom stereocenters. The maximum Gasteiger partial charge on any atom is 0.411 e. The number of methoxy groups -OCH3 is 1. The van der Waals surface area contributed by atoms with Crippen LogP contribution in [0.4, 0.5) is 28.0 Å². The topological polar surface area (TPSA) is 231 Å². The molecule has 17 nitrogen and oxygen atoms in total. The Morgan fingerprint density at radius 1 is 0.909 bits per heavy atom. The standard InChI is InChI=1S/C44H51F4N7O10S/c1-42(2,3)65-41(60)49-25-27-7-11-30(12-8-27)37(56)51-33(38(57)50-32-16-13-29(14-17-32)36-52-39(54-53-36)43(45,46)44(47,48)40(58)59)23-26-5-9-28(10-6-26)31-15-18-34(63-4)35(24-31)66(61,62)55-19-21-64-22-20-55/h5-6,9-10,13-18,24,27,30,33H,7-8,11-12,19-23,25H2,1-4H3,(H,49,60)(H,50,57)(H,51,56)(H,58,59)(H,52,53,54)/t27?,30?,33-/m0/s1. The number of rotatable bonds is 16. The Hall–Kier alpha value is -6.13. The average molecular weight is 946 g/mol. The molecule has 22 heteroatoms. The molecule has 1 atom stereocenters. The van der Waals surface area contributed by atoms with E-state index in [4.69, 9.17) is 19.3 Å². The summed E-state index contributed by atoms with van der Waals surface area (Å²) in [4.78, 5) is 54.1. The molecule has 1 aliphatic carbocycles. The van der Waals surface area contributed by atoms with Crippen LogP contribution in [-0.2, 0) is 46.2 Å². The lowest BCUT2D eigenvalue weighted by molar-refractivity contribution is -0.231. The Balaban J connectivity index is 1.17. The number of anilines is 1. The number of benzene rings is 3. The number of carbonyl (C=O) groups excluding carboxylic acids is 3. The molecule has 1 aromatic heterocycles. The molecule has 0 spiro atoms. The van der Waals surface area contributed by atoms with Crippen molar-refractivity contribution >= 4 is 39.6 Å². The molecule has 1 aliphatic heterocycles. The lowest BCUT2D eigenvalue weighted by atomic mass is 9.81. The highest BCUT2D eigenvalue weighted by Gasteiger charge is 2.65. The molecule has 3 aromatic carbocycles. The number of aromatic nitrogens is 3. The number of aliphatic carboxylic acids is 1. The molecular weight excluding hydrogens is 895 g/mol. The largest absolute Gasteiger partial charge is 0.495 e. The summed E-state index contributed by atoms with van der Waals surface area (Å²) in [5, 5.41) is 22.2. The summed E-state index contributed by atoms with van der Waals surface area (Å²) in [6.45, 7) is 6.63. The van der Waals surface area contributed by atoms with Crippen molar-refractivity contribution in [1.82, 2.24) is 30.1 Å². The Morgan fingerprint density at radius 3 is 2.14 bits per heavy atom. The number of hydrogen-bond donors (Lipinski definition) is 5. The van der Waals surface area contributed by atoms with E-state index in [1.54, 1.807) is 62.3 Å². The van der Waals surface area contributed by atoms with E-state index in [0.29, 0.717) is 48.9 Å². The molecule has 2 fully saturated rings. The number of H-pyrrole nitrogens is 1. The van der Waals surface area contributed by atoms with Crippen LogP contribution in [-0.4, -0.2) is 114 Å². The predicted molar refractivity (Wildman–Crippen MR) is 230 cm³/mol. The molecule has 3 amide bonds. The lowest BCUT2D eigenvalue weighted by Crippen LogP contribution is -2.48. The zero-order valence-electron chi connectivity index (χ0n) is 36.5. The molecule has 6 rings (SSSR count). The van der Waals surface area contributed by atoms with E-state index < -0.39 is 69.0 Å². The van der Waals surface area contributed by atoms with Gasteiger partial charge in [0.05, 0.1) is 20.3 Å². The Morgan fingerprint density at radius 2 is 1.53 bits per heavy atom. The third kappa shape index (κ3) is 11.6. The quantitative estimate of drug-likeness (QED) is 0.0818. The fourth-order valence-electron chi connectivity index (χ4n) is 7.47. The summed E-state index contributed by atoms with van der Waals surface area (Å²) in [5.41, 5.74) is 1.52. The van der Waals surface area contributed by atoms with Crippen molar-refractivity contribution in [3.8, 4) is 28.3 Å². The zero-order valence-corrected chi connectivity index (χ0v) is 37.4. The number of morpholine rings is 1. The number of amides is 3. The van der Waals surface area contributed by atoms with Gasteiger partial charge in [0.1, 0.15) is 22.3 Å². The van der Waals surface area contributed by atoms with Crippen molar-refractivity contribution in [3.05, 3.63) is 78.1 Å². The lowest BCUT2D eigenvalue weighted by Gasteiger charge is -2.29. The molecule has 5 N–H and O–H groups in total. The highest BCUT2D eigenvalue weighted by Crippen LogP contribution is 2.42. The minimum absolute atomic E-state index is 0.00149. The molecule has 1 saturated carbocycles. The van der Waals surface area contributed by atoms with Gasteiger partial charge in [-0.05, 0) is 105 Å². The number of nitrogens with one attached hydrogen (secondary N) is 4. The number of alkyl halides is 4. The number of hydrogen-bond acceptors (Lipinski definition) is 11. The van der Waals surface area contributed by atoms with Crippen molar-refractivity contribution < 1.29 is 64.5 Å². The van der Waals surface area contributed by atoms with Crippen LogP contribution >= 0.6 is 0 Å². The fraction of sp³-hybridized carbons (Fsp3) is 0.455. The summed E-state index contributed by atoms with van der Waals surface area (Å²) in [7, 11) is -2.53. The van der Waals surface area contributed by atoms with Crippen LogP contribution in [0, 0.1) is 11.8 Å². The van der Waals surface area contributed by atoms with Crippen molar-refractivity contribution in [3.63, 3.8) is 0 Å². The second-order valence-corrected chi connectivity index (χ2v) is 18.9. The molecule has 2 heterocycles. The number of halogens is 4. The Bertz CT molecular complexity index is 2490. The van der Waals surface area contributed by atoms with Gasteiger partial charge < -0.3 is 35.3 Å². The first kappa shape index (κ1) is 49.3. The number of sulfonamides is 1. The fourth-order valence-corrected chi connectivity index (χ4v) is 9.06. The minimum Gasteiger partial charge on any atom is -0.495 e. The van der Waals surface area contributed by atoms with Gasteiger partial charge in [0, 0.05) is 43.2 Å². The first-order valence-electron chi connectivity index (χ1n) is 21.0. The van der Waals surface area contributed by atoms with Crippen molar-refractivity contribution in [2.75, 3.05) is 45.3 Å². The number of nitrogens with zero attached hydrogens (tertiary/aromatic N) is 3. The second kappa shape index (κ2) is 20.2. The number of ether oxygens (including phenoxy) is 3. The molecule has 4 aromatic rings. The number of carbonyl (C=O) groups is 4. The molecule has 1 saturated heterocycles. The van der Waals surface area contributed by atoms with E-state index in [2.05, 4.69) is 26.0 Å². The van der Waals surface area contributed by atoms with Crippen LogP contribution in [0.25, 0.3) is 22.5 Å². The summed E-state index contributed by atoms with van der Waals surface area (Å²) in [6.07, 6.45) is 1.80. The van der Waals surface area contributed by atoms with E-state index in [-0.39, 0.29) is 66.4 Å². The first-order chi connectivity index (χ1) is 31.1. The highest BCUT2D eigenvalue weighted by molar-refractivity contribution is 7.89. The highest BCUT2D eigenvalue weighted by atomic mass is 32.2. The number of carboxylic acid groups (broad SMARTS) is 1. The smallest absolute Gasteiger partial charge is 0.411 e. The van der Waals surface area contributed by atoms with Gasteiger partial charge in [-0.1, -0.05) is 30.3 Å². The van der Waals surface area contributed by atoms with Crippen LogP contribution in [0.2, 0.25) is 0 Å². The minimum atomic E-state index is -5.47. The average Bonchev–Trinajstić information content (AvgIpc) is 3.80. The number of carboxylic acids is 1. The normalized spacial score (nSPS) is 17.9. The van der Waals surface area contributed by atoms with Gasteiger partial charge in [-0.15, -0.1) is 0 Å². The summed E-state index contributed by atoms with van der Waals surface area (Å²) < 4.78 is 101. The molecule has 356 valence electrons. The van der Waals surface area contributed by atoms with Gasteiger partial charge >= 0.3 is 23.9 Å². The second-order valence-electron chi connectivity index (χ2n) is 17.0. The van der Waals surface area contributed by atoms with Crippen LogP contribution in [0.5, 0.6) is 5.75 Å². The Labute approximate surface area is 378 Å². The molecule has 0 bridgehead atoms. The van der Waals surface area contributed by atoms with Gasteiger partial charge in [-0.3, -0.25) is 14.7 Å². The van der Waals surface area contributed by atoms with Crippen molar-refractivity contribution in [2.24, 2.45) is 11.8 Å².